The number of piperazine rings is 1. The fourth-order valence-electron chi connectivity index (χ4n) is 4.30. The van der Waals surface area contributed by atoms with Gasteiger partial charge in [-0.3, -0.25) is 9.69 Å². The molecule has 0 bridgehead atoms. The third-order valence-electron chi connectivity index (χ3n) is 5.90. The number of benzene rings is 1. The molecule has 2 fully saturated rings. The minimum atomic E-state index is 0.200. The molecule has 2 aliphatic rings. The molecule has 7 heteroatoms. The summed E-state index contributed by atoms with van der Waals surface area (Å²) in [5, 5.41) is 0.668. The van der Waals surface area contributed by atoms with E-state index in [1.807, 2.05) is 4.90 Å². The van der Waals surface area contributed by atoms with Gasteiger partial charge in [-0.1, -0.05) is 30.0 Å². The average molecular weight is 412 g/mol. The number of para-hydroxylation sites is 1. The van der Waals surface area contributed by atoms with Crippen molar-refractivity contribution in [1.29, 1.82) is 0 Å². The lowest BCUT2D eigenvalue weighted by Gasteiger charge is -2.44. The number of rotatable bonds is 5. The zero-order chi connectivity index (χ0) is 20.1. The van der Waals surface area contributed by atoms with Crippen LogP contribution in [-0.2, 0) is 4.79 Å². The average Bonchev–Trinajstić information content (AvgIpc) is 2.79. The molecule has 154 valence electrons. The second-order valence-corrected chi connectivity index (χ2v) is 8.71. The third-order valence-corrected chi connectivity index (χ3v) is 6.76. The molecule has 1 aromatic carbocycles. The molecule has 29 heavy (non-hydrogen) atoms. The van der Waals surface area contributed by atoms with Gasteiger partial charge in [-0.05, 0) is 37.5 Å². The Morgan fingerprint density at radius 1 is 1.07 bits per heavy atom. The lowest BCUT2D eigenvalue weighted by Crippen LogP contribution is -2.56. The van der Waals surface area contributed by atoms with Gasteiger partial charge in [0.05, 0.1) is 5.75 Å². The van der Waals surface area contributed by atoms with Crippen LogP contribution in [-0.4, -0.2) is 76.7 Å². The van der Waals surface area contributed by atoms with Crippen LogP contribution in [0.2, 0.25) is 0 Å². The minimum absolute atomic E-state index is 0.200. The van der Waals surface area contributed by atoms with E-state index in [0.717, 1.165) is 45.7 Å². The highest BCUT2D eigenvalue weighted by Crippen LogP contribution is 2.24. The van der Waals surface area contributed by atoms with Crippen molar-refractivity contribution < 1.29 is 4.79 Å². The molecule has 0 spiro atoms. The van der Waals surface area contributed by atoms with Crippen LogP contribution in [0.15, 0.2) is 47.9 Å². The molecule has 2 aliphatic heterocycles. The van der Waals surface area contributed by atoms with E-state index in [1.54, 1.807) is 18.5 Å². The maximum atomic E-state index is 12.7. The summed E-state index contributed by atoms with van der Waals surface area (Å²) in [4.78, 5) is 28.2. The van der Waals surface area contributed by atoms with Crippen molar-refractivity contribution in [3.63, 3.8) is 0 Å². The number of hydrogen-bond acceptors (Lipinski definition) is 6. The van der Waals surface area contributed by atoms with Gasteiger partial charge >= 0.3 is 0 Å². The Bertz CT molecular complexity index is 810. The van der Waals surface area contributed by atoms with Crippen molar-refractivity contribution in [1.82, 2.24) is 19.8 Å². The molecule has 1 atom stereocenters. The van der Waals surface area contributed by atoms with Gasteiger partial charge in [-0.25, -0.2) is 9.97 Å². The lowest BCUT2D eigenvalue weighted by molar-refractivity contribution is -0.130. The van der Waals surface area contributed by atoms with E-state index in [0.29, 0.717) is 17.0 Å². The number of carbonyl (C=O) groups is 1. The molecule has 0 N–H and O–H groups in total. The van der Waals surface area contributed by atoms with Gasteiger partial charge in [-0.2, -0.15) is 0 Å². The van der Waals surface area contributed by atoms with Crippen LogP contribution in [0.4, 0.5) is 5.69 Å². The van der Waals surface area contributed by atoms with E-state index in [1.165, 1.54) is 29.4 Å². The topological polar surface area (TPSA) is 52.6 Å². The maximum absolute atomic E-state index is 12.7. The number of nitrogens with zero attached hydrogens (tertiary/aromatic N) is 5. The maximum Gasteiger partial charge on any atom is 0.233 e. The van der Waals surface area contributed by atoms with Crippen molar-refractivity contribution in [3.05, 3.63) is 48.3 Å². The summed E-state index contributed by atoms with van der Waals surface area (Å²) in [7, 11) is 0. The molecule has 6 nitrogen and oxygen atoms in total. The Labute approximate surface area is 177 Å². The summed E-state index contributed by atoms with van der Waals surface area (Å²) in [5.41, 5.74) is 2.70. The Hall–Kier alpha value is -2.12. The Balaban J connectivity index is 1.28. The van der Waals surface area contributed by atoms with Crippen LogP contribution in [0.3, 0.4) is 0 Å². The number of aromatic nitrogens is 2. The Morgan fingerprint density at radius 3 is 2.59 bits per heavy atom. The van der Waals surface area contributed by atoms with Gasteiger partial charge in [-0.15, -0.1) is 0 Å². The zero-order valence-corrected chi connectivity index (χ0v) is 17.9. The number of hydrogen-bond donors (Lipinski definition) is 0. The summed E-state index contributed by atoms with van der Waals surface area (Å²) < 4.78 is 0. The van der Waals surface area contributed by atoms with Crippen molar-refractivity contribution in [2.75, 3.05) is 49.9 Å². The number of carbonyl (C=O) groups excluding carboxylic acids is 1. The first-order chi connectivity index (χ1) is 14.2. The smallest absolute Gasteiger partial charge is 0.233 e. The number of likely N-dealkylation sites (tertiary alicyclic amines) is 1. The summed E-state index contributed by atoms with van der Waals surface area (Å²) in [6, 6.07) is 10.9. The van der Waals surface area contributed by atoms with Crippen LogP contribution in [0, 0.1) is 6.92 Å². The second-order valence-electron chi connectivity index (χ2n) is 7.77. The zero-order valence-electron chi connectivity index (χ0n) is 17.0. The Kier molecular flexibility index (Phi) is 6.67. The highest BCUT2D eigenvalue weighted by Gasteiger charge is 2.30. The quantitative estimate of drug-likeness (QED) is 0.557. The second kappa shape index (κ2) is 9.59. The van der Waals surface area contributed by atoms with Gasteiger partial charge < -0.3 is 9.80 Å². The molecule has 0 unspecified atom stereocenters. The Morgan fingerprint density at radius 2 is 1.83 bits per heavy atom. The number of amides is 1. The number of piperidine rings is 1. The highest BCUT2D eigenvalue weighted by atomic mass is 32.2. The summed E-state index contributed by atoms with van der Waals surface area (Å²) in [6.45, 7) is 8.13. The summed E-state index contributed by atoms with van der Waals surface area (Å²) >= 11 is 1.42. The normalized spacial score (nSPS) is 20.7. The van der Waals surface area contributed by atoms with Gasteiger partial charge in [0.2, 0.25) is 5.91 Å². The number of anilines is 1. The lowest BCUT2D eigenvalue weighted by atomic mass is 10.0. The fraction of sp³-hybridized carbons (Fsp3) is 0.500. The molecule has 2 aromatic rings. The van der Waals surface area contributed by atoms with E-state index < -0.39 is 0 Å². The van der Waals surface area contributed by atoms with E-state index in [-0.39, 0.29) is 5.91 Å². The molecule has 0 radical (unpaired) electrons. The molecule has 1 aromatic heterocycles. The van der Waals surface area contributed by atoms with Gasteiger partial charge in [0.25, 0.3) is 0 Å². The minimum Gasteiger partial charge on any atom is -0.369 e. The molecular weight excluding hydrogens is 382 g/mol. The van der Waals surface area contributed by atoms with Crippen LogP contribution >= 0.6 is 11.8 Å². The molecule has 2 saturated heterocycles. The molecule has 4 rings (SSSR count). The molecule has 3 heterocycles. The first-order valence-electron chi connectivity index (χ1n) is 10.4. The SMILES string of the molecule is Cc1ccccc1N1CCN([C@H]2CCCN(C(=O)CSc3ncccn3)C2)CC1. The van der Waals surface area contributed by atoms with Gasteiger partial charge in [0.1, 0.15) is 0 Å². The third kappa shape index (κ3) is 5.08. The van der Waals surface area contributed by atoms with E-state index in [2.05, 4.69) is 51.0 Å². The van der Waals surface area contributed by atoms with E-state index in [9.17, 15) is 4.79 Å². The number of thioether (sulfide) groups is 1. The van der Waals surface area contributed by atoms with Crippen LogP contribution in [0.5, 0.6) is 0 Å². The van der Waals surface area contributed by atoms with Crippen LogP contribution < -0.4 is 4.90 Å². The van der Waals surface area contributed by atoms with Gasteiger partial charge in [0, 0.05) is 63.4 Å². The van der Waals surface area contributed by atoms with Crippen molar-refractivity contribution in [2.24, 2.45) is 0 Å². The van der Waals surface area contributed by atoms with E-state index >= 15 is 0 Å². The molecule has 1 amide bonds. The standard InChI is InChI=1S/C22H29N5OS/c1-18-6-2-3-8-20(18)26-14-12-25(13-15-26)19-7-4-11-27(16-19)21(28)17-29-22-23-9-5-10-24-22/h2-3,5-6,8-10,19H,4,7,11-17H2,1H3/t19-/m0/s1. The van der Waals surface area contributed by atoms with E-state index in [4.69, 9.17) is 0 Å². The molecule has 0 saturated carbocycles. The van der Waals surface area contributed by atoms with Crippen molar-refractivity contribution in [3.8, 4) is 0 Å². The monoisotopic (exact) mass is 411 g/mol. The fourth-order valence-corrected chi connectivity index (χ4v) is 5.01. The van der Waals surface area contributed by atoms with Crippen molar-refractivity contribution in [2.45, 2.75) is 31.0 Å². The molecular formula is C22H29N5OS. The van der Waals surface area contributed by atoms with Gasteiger partial charge in [0.15, 0.2) is 5.16 Å². The summed E-state index contributed by atoms with van der Waals surface area (Å²) in [5.74, 6) is 0.614. The van der Waals surface area contributed by atoms with Crippen LogP contribution in [0.1, 0.15) is 18.4 Å². The molecule has 0 aliphatic carbocycles. The van der Waals surface area contributed by atoms with Crippen LogP contribution in [0.25, 0.3) is 0 Å². The summed E-state index contributed by atoms with van der Waals surface area (Å²) in [6.07, 6.45) is 5.70. The predicted octanol–water partition coefficient (Wildman–Crippen LogP) is 2.69. The van der Waals surface area contributed by atoms with Crippen molar-refractivity contribution >= 4 is 23.4 Å². The number of aryl methyl sites for hydroxylation is 1. The highest BCUT2D eigenvalue weighted by molar-refractivity contribution is 7.99. The first-order valence-corrected chi connectivity index (χ1v) is 11.4. The first kappa shape index (κ1) is 20.2. The predicted molar refractivity (Wildman–Crippen MR) is 117 cm³/mol. The largest absolute Gasteiger partial charge is 0.369 e.